The molecule has 0 saturated heterocycles. The van der Waals surface area contributed by atoms with Crippen molar-refractivity contribution in [3.05, 3.63) is 35.9 Å². The van der Waals surface area contributed by atoms with Gasteiger partial charge in [0, 0.05) is 25.1 Å². The second-order valence-electron chi connectivity index (χ2n) is 5.65. The molecule has 1 rings (SSSR count). The van der Waals surface area contributed by atoms with E-state index in [0.717, 1.165) is 12.8 Å². The summed E-state index contributed by atoms with van der Waals surface area (Å²) in [7, 11) is 0. The molecule has 0 radical (unpaired) electrons. The molecule has 25 heavy (non-hydrogen) atoms. The monoisotopic (exact) mass is 358 g/mol. The van der Waals surface area contributed by atoms with Crippen molar-refractivity contribution in [2.45, 2.75) is 45.6 Å². The number of carbonyl (C=O) groups excluding carboxylic acids is 2. The van der Waals surface area contributed by atoms with E-state index in [9.17, 15) is 14.4 Å². The number of carboxylic acid groups (broad SMARTS) is 1. The average Bonchev–Trinajstić information content (AvgIpc) is 2.58. The Morgan fingerprint density at radius 3 is 2.12 bits per heavy atom. The van der Waals surface area contributed by atoms with Gasteiger partial charge in [0.15, 0.2) is 0 Å². The van der Waals surface area contributed by atoms with E-state index in [0.29, 0.717) is 18.7 Å². The van der Waals surface area contributed by atoms with Gasteiger partial charge < -0.3 is 15.3 Å². The van der Waals surface area contributed by atoms with Crippen molar-refractivity contribution in [2.75, 3.05) is 13.1 Å². The Morgan fingerprint density at radius 1 is 1.08 bits per heavy atom. The zero-order valence-corrected chi connectivity index (χ0v) is 14.3. The molecule has 0 saturated carbocycles. The first-order chi connectivity index (χ1) is 11.5. The predicted octanol–water partition coefficient (Wildman–Crippen LogP) is 1.65. The summed E-state index contributed by atoms with van der Waals surface area (Å²) >= 11 is 0. The van der Waals surface area contributed by atoms with Gasteiger partial charge in [0.05, 0.1) is 0 Å². The van der Waals surface area contributed by atoms with Crippen molar-refractivity contribution in [2.24, 2.45) is 0 Å². The molecule has 0 aliphatic carbocycles. The van der Waals surface area contributed by atoms with Crippen LogP contribution in [0.15, 0.2) is 30.3 Å². The van der Waals surface area contributed by atoms with Crippen molar-refractivity contribution in [1.82, 2.24) is 10.2 Å². The van der Waals surface area contributed by atoms with E-state index in [1.807, 2.05) is 13.8 Å². The van der Waals surface area contributed by atoms with E-state index in [-0.39, 0.29) is 54.2 Å². The number of benzene rings is 1. The van der Waals surface area contributed by atoms with Crippen LogP contribution in [0.3, 0.4) is 0 Å². The molecular weight excluding hydrogens is 331 g/mol. The molecule has 1 aromatic carbocycles. The summed E-state index contributed by atoms with van der Waals surface area (Å²) < 4.78 is 0. The number of hydrogen-bond acceptors (Lipinski definition) is 3. The quantitative estimate of drug-likeness (QED) is 0.623. The number of rotatable bonds is 10. The van der Waals surface area contributed by atoms with Crippen LogP contribution >= 0.6 is 0 Å². The van der Waals surface area contributed by atoms with E-state index in [1.165, 1.54) is 0 Å². The third kappa shape index (κ3) is 8.52. The van der Waals surface area contributed by atoms with Gasteiger partial charge in [-0.05, 0) is 31.4 Å². The van der Waals surface area contributed by atoms with E-state index in [2.05, 4.69) is 5.32 Å². The molecular formula is C18H27N2NaO4. The Morgan fingerprint density at radius 2 is 1.64 bits per heavy atom. The van der Waals surface area contributed by atoms with Crippen LogP contribution < -0.4 is 5.32 Å². The first-order valence-corrected chi connectivity index (χ1v) is 8.36. The average molecular weight is 358 g/mol. The summed E-state index contributed by atoms with van der Waals surface area (Å²) in [6.07, 6.45) is 1.53. The van der Waals surface area contributed by atoms with Crippen LogP contribution in [0.2, 0.25) is 0 Å². The number of hydrogen-bond donors (Lipinski definition) is 2. The molecule has 0 aliphatic rings. The molecule has 7 heteroatoms. The minimum absolute atomic E-state index is 0. The molecule has 134 valence electrons. The maximum atomic E-state index is 12.7. The van der Waals surface area contributed by atoms with E-state index >= 15 is 0 Å². The molecule has 1 atom stereocenters. The second kappa shape index (κ2) is 12.9. The number of amides is 2. The van der Waals surface area contributed by atoms with Crippen LogP contribution in [0.1, 0.15) is 49.9 Å². The van der Waals surface area contributed by atoms with Gasteiger partial charge in [0.25, 0.3) is 5.91 Å². The number of carbonyl (C=O) groups is 3. The van der Waals surface area contributed by atoms with Crippen molar-refractivity contribution >= 4 is 47.3 Å². The summed E-state index contributed by atoms with van der Waals surface area (Å²) in [5.74, 6) is -1.57. The van der Waals surface area contributed by atoms with Crippen molar-refractivity contribution in [3.63, 3.8) is 0 Å². The second-order valence-corrected chi connectivity index (χ2v) is 5.65. The van der Waals surface area contributed by atoms with Crippen LogP contribution in [-0.4, -0.2) is 76.5 Å². The van der Waals surface area contributed by atoms with Gasteiger partial charge in [-0.25, -0.2) is 0 Å². The number of carboxylic acids is 1. The van der Waals surface area contributed by atoms with Crippen molar-refractivity contribution in [1.29, 1.82) is 0 Å². The van der Waals surface area contributed by atoms with Crippen LogP contribution in [0.4, 0.5) is 0 Å². The third-order valence-electron chi connectivity index (χ3n) is 3.58. The Labute approximate surface area is 171 Å². The Kier molecular flexibility index (Phi) is 12.2. The molecule has 0 spiro atoms. The fourth-order valence-corrected chi connectivity index (χ4v) is 2.45. The van der Waals surface area contributed by atoms with E-state index < -0.39 is 12.0 Å². The predicted molar refractivity (Wildman–Crippen MR) is 98.9 cm³/mol. The molecule has 2 amide bonds. The van der Waals surface area contributed by atoms with Gasteiger partial charge in [-0.1, -0.05) is 32.0 Å². The van der Waals surface area contributed by atoms with Gasteiger partial charge in [0.2, 0.25) is 5.91 Å². The Hall–Kier alpha value is -1.37. The van der Waals surface area contributed by atoms with Gasteiger partial charge in [-0.2, -0.15) is 0 Å². The first kappa shape index (κ1) is 23.6. The molecule has 0 fully saturated rings. The Bertz CT molecular complexity index is 545. The van der Waals surface area contributed by atoms with E-state index in [4.69, 9.17) is 5.11 Å². The molecule has 0 bridgehead atoms. The molecule has 6 nitrogen and oxygen atoms in total. The topological polar surface area (TPSA) is 86.7 Å². The Balaban J connectivity index is 0.00000576. The fourth-order valence-electron chi connectivity index (χ4n) is 2.45. The first-order valence-electron chi connectivity index (χ1n) is 8.36. The third-order valence-corrected chi connectivity index (χ3v) is 3.58. The molecule has 0 aliphatic heterocycles. The molecule has 0 heterocycles. The normalized spacial score (nSPS) is 11.1. The van der Waals surface area contributed by atoms with Gasteiger partial charge in [0.1, 0.15) is 6.04 Å². The zero-order valence-electron chi connectivity index (χ0n) is 14.3. The number of aliphatic carboxylic acids is 1. The van der Waals surface area contributed by atoms with Crippen LogP contribution in [0, 0.1) is 0 Å². The minimum atomic E-state index is -0.987. The van der Waals surface area contributed by atoms with Gasteiger partial charge >= 0.3 is 35.5 Å². The summed E-state index contributed by atoms with van der Waals surface area (Å²) in [6.45, 7) is 5.14. The van der Waals surface area contributed by atoms with Crippen molar-refractivity contribution < 1.29 is 19.5 Å². The summed E-state index contributed by atoms with van der Waals surface area (Å²) in [5, 5.41) is 11.6. The zero-order chi connectivity index (χ0) is 17.9. The summed E-state index contributed by atoms with van der Waals surface area (Å²) in [6, 6.07) is 7.77. The number of nitrogens with zero attached hydrogens (tertiary/aromatic N) is 1. The number of nitrogens with one attached hydrogen (secondary N) is 1. The maximum absolute atomic E-state index is 12.7. The fraction of sp³-hybridized carbons (Fsp3) is 0.500. The molecule has 1 aromatic rings. The van der Waals surface area contributed by atoms with Crippen LogP contribution in [0.5, 0.6) is 0 Å². The standard InChI is InChI=1S/C18H26N2O4.Na.H/c1-3-12-20(13-4-2)18(24)15(10-11-16(21)22)19-17(23)14-8-6-5-7-9-14;;/h5-9,15H,3-4,10-13H2,1-2H3,(H,19,23)(H,21,22);;. The SMILES string of the molecule is CCCN(CCC)C(=O)C(CCC(=O)O)NC(=O)c1ccccc1.[NaH]. The summed E-state index contributed by atoms with van der Waals surface area (Å²) in [4.78, 5) is 37.6. The molecule has 0 aromatic heterocycles. The van der Waals surface area contributed by atoms with Crippen LogP contribution in [-0.2, 0) is 9.59 Å². The van der Waals surface area contributed by atoms with E-state index in [1.54, 1.807) is 35.2 Å². The molecule has 2 N–H and O–H groups in total. The van der Waals surface area contributed by atoms with Gasteiger partial charge in [-0.15, -0.1) is 0 Å². The van der Waals surface area contributed by atoms with Gasteiger partial charge in [-0.3, -0.25) is 14.4 Å². The summed E-state index contributed by atoms with van der Waals surface area (Å²) in [5.41, 5.74) is 0.447. The molecule has 1 unspecified atom stereocenters. The van der Waals surface area contributed by atoms with Crippen molar-refractivity contribution in [3.8, 4) is 0 Å². The van der Waals surface area contributed by atoms with Crippen LogP contribution in [0.25, 0.3) is 0 Å².